The van der Waals surface area contributed by atoms with Crippen LogP contribution in [0.2, 0.25) is 0 Å². The van der Waals surface area contributed by atoms with Gasteiger partial charge in [0.1, 0.15) is 6.10 Å². The number of carbonyl (C=O) groups is 2. The highest BCUT2D eigenvalue weighted by atomic mass is 16.5. The molecule has 210 valence electrons. The zero-order chi connectivity index (χ0) is 27.9. The van der Waals surface area contributed by atoms with Gasteiger partial charge >= 0.3 is 11.9 Å². The molecule has 3 fully saturated rings. The smallest absolute Gasteiger partial charge is 0.302 e. The topological polar surface area (TPSA) is 52.6 Å². The van der Waals surface area contributed by atoms with E-state index in [9.17, 15) is 9.59 Å². The molecule has 0 aromatic rings. The quantitative estimate of drug-likeness (QED) is 0.351. The molecule has 5 aliphatic rings. The minimum absolute atomic E-state index is 0.0221. The first-order valence-electron chi connectivity index (χ1n) is 15.0. The fraction of sp³-hybridized carbons (Fsp3) is 0.765. The van der Waals surface area contributed by atoms with Crippen LogP contribution in [0.3, 0.4) is 0 Å². The summed E-state index contributed by atoms with van der Waals surface area (Å²) in [5.41, 5.74) is 4.90. The Bertz CT molecular complexity index is 1140. The van der Waals surface area contributed by atoms with Gasteiger partial charge in [0, 0.05) is 30.1 Å². The summed E-state index contributed by atoms with van der Waals surface area (Å²) in [6, 6.07) is 0. The van der Waals surface area contributed by atoms with Crippen molar-refractivity contribution in [2.24, 2.45) is 38.4 Å². The summed E-state index contributed by atoms with van der Waals surface area (Å²) in [7, 11) is 0. The third-order valence-corrected chi connectivity index (χ3v) is 12.6. The Labute approximate surface area is 230 Å². The van der Waals surface area contributed by atoms with Gasteiger partial charge in [0.05, 0.1) is 6.61 Å². The molecule has 0 amide bonds. The molecule has 0 aromatic heterocycles. The van der Waals surface area contributed by atoms with E-state index < -0.39 is 0 Å². The molecule has 5 aliphatic carbocycles. The molecule has 0 bridgehead atoms. The van der Waals surface area contributed by atoms with Crippen molar-refractivity contribution in [3.8, 4) is 0 Å². The maximum absolute atomic E-state index is 11.9. The normalized spacial score (nSPS) is 45.1. The van der Waals surface area contributed by atoms with Crippen molar-refractivity contribution < 1.29 is 19.1 Å². The summed E-state index contributed by atoms with van der Waals surface area (Å²) in [6.07, 6.45) is 16.3. The molecule has 0 heterocycles. The van der Waals surface area contributed by atoms with E-state index in [2.05, 4.69) is 66.7 Å². The highest BCUT2D eigenvalue weighted by Gasteiger charge is 2.65. The zero-order valence-electron chi connectivity index (χ0n) is 25.4. The van der Waals surface area contributed by atoms with Crippen LogP contribution in [0.15, 0.2) is 34.9 Å². The summed E-state index contributed by atoms with van der Waals surface area (Å²) < 4.78 is 11.4. The minimum Gasteiger partial charge on any atom is -0.465 e. The van der Waals surface area contributed by atoms with Crippen molar-refractivity contribution in [2.45, 2.75) is 120 Å². The molecule has 0 aliphatic heterocycles. The molecule has 5 rings (SSSR count). The minimum atomic E-state index is -0.198. The van der Waals surface area contributed by atoms with Gasteiger partial charge < -0.3 is 9.47 Å². The van der Waals surface area contributed by atoms with Crippen LogP contribution in [0.5, 0.6) is 0 Å². The maximum Gasteiger partial charge on any atom is 0.302 e. The Balaban J connectivity index is 1.55. The average Bonchev–Trinajstić information content (AvgIpc) is 2.82. The van der Waals surface area contributed by atoms with Crippen molar-refractivity contribution in [1.82, 2.24) is 0 Å². The Morgan fingerprint density at radius 1 is 0.868 bits per heavy atom. The lowest BCUT2D eigenvalue weighted by atomic mass is 9.36. The molecule has 0 unspecified atom stereocenters. The van der Waals surface area contributed by atoms with Gasteiger partial charge in [-0.1, -0.05) is 72.3 Å². The van der Waals surface area contributed by atoms with Crippen molar-refractivity contribution in [3.05, 3.63) is 34.9 Å². The number of esters is 2. The number of fused-ring (bicyclic) bond motifs is 7. The first kappa shape index (κ1) is 27.7. The predicted octanol–water partition coefficient (Wildman–Crippen LogP) is 8.12. The summed E-state index contributed by atoms with van der Waals surface area (Å²) in [5.74, 6) is 0.230. The van der Waals surface area contributed by atoms with Crippen LogP contribution in [0.1, 0.15) is 114 Å². The second-order valence-corrected chi connectivity index (χ2v) is 15.4. The Morgan fingerprint density at radius 2 is 1.55 bits per heavy atom. The van der Waals surface area contributed by atoms with Crippen molar-refractivity contribution in [3.63, 3.8) is 0 Å². The molecule has 0 spiro atoms. The van der Waals surface area contributed by atoms with E-state index in [1.807, 2.05) is 0 Å². The SMILES string of the molecule is CC(=O)OC[C@]1(C)CC[C@]2(C)CC[C@]3(C)C4=CC=C5C(C)(C)[C@H](OC(C)=O)CC[C@]5(C)C4=CC[C@@]3(C)[C@@H]2C1. The fourth-order valence-corrected chi connectivity index (χ4v) is 9.89. The largest absolute Gasteiger partial charge is 0.465 e. The van der Waals surface area contributed by atoms with E-state index in [0.29, 0.717) is 17.9 Å². The molecule has 38 heavy (non-hydrogen) atoms. The molecule has 0 aromatic carbocycles. The van der Waals surface area contributed by atoms with E-state index in [1.54, 1.807) is 5.57 Å². The Kier molecular flexibility index (Phi) is 6.26. The van der Waals surface area contributed by atoms with Crippen molar-refractivity contribution >= 4 is 11.9 Å². The number of ether oxygens (including phenoxy) is 2. The summed E-state index contributed by atoms with van der Waals surface area (Å²) >= 11 is 0. The number of allylic oxidation sites excluding steroid dienone is 5. The third-order valence-electron chi connectivity index (χ3n) is 12.6. The summed E-state index contributed by atoms with van der Waals surface area (Å²) in [6.45, 7) is 20.6. The van der Waals surface area contributed by atoms with Gasteiger partial charge in [0.15, 0.2) is 0 Å². The van der Waals surface area contributed by atoms with Gasteiger partial charge in [-0.05, 0) is 84.7 Å². The van der Waals surface area contributed by atoms with Gasteiger partial charge in [-0.15, -0.1) is 0 Å². The van der Waals surface area contributed by atoms with Crippen LogP contribution in [0.4, 0.5) is 0 Å². The lowest BCUT2D eigenvalue weighted by Gasteiger charge is -2.68. The predicted molar refractivity (Wildman–Crippen MR) is 151 cm³/mol. The van der Waals surface area contributed by atoms with E-state index in [1.165, 1.54) is 44.3 Å². The highest BCUT2D eigenvalue weighted by molar-refractivity contribution is 5.67. The monoisotopic (exact) mass is 522 g/mol. The van der Waals surface area contributed by atoms with Gasteiger partial charge in [-0.2, -0.15) is 0 Å². The average molecular weight is 523 g/mol. The van der Waals surface area contributed by atoms with Crippen LogP contribution in [-0.4, -0.2) is 24.6 Å². The Morgan fingerprint density at radius 3 is 2.21 bits per heavy atom. The van der Waals surface area contributed by atoms with E-state index >= 15 is 0 Å². The number of rotatable bonds is 3. The van der Waals surface area contributed by atoms with Gasteiger partial charge in [-0.3, -0.25) is 9.59 Å². The molecule has 7 atom stereocenters. The van der Waals surface area contributed by atoms with Gasteiger partial charge in [-0.25, -0.2) is 0 Å². The number of hydrogen-bond donors (Lipinski definition) is 0. The molecule has 0 radical (unpaired) electrons. The van der Waals surface area contributed by atoms with Crippen LogP contribution in [0, 0.1) is 38.4 Å². The van der Waals surface area contributed by atoms with E-state index in [0.717, 1.165) is 32.1 Å². The lowest BCUT2D eigenvalue weighted by Crippen LogP contribution is -2.60. The number of carbonyl (C=O) groups excluding carboxylic acids is 2. The first-order valence-corrected chi connectivity index (χ1v) is 15.0. The second-order valence-electron chi connectivity index (χ2n) is 15.4. The highest BCUT2D eigenvalue weighted by Crippen LogP contribution is 2.74. The standard InChI is InChI=1S/C34H50O4/c1-22(35)37-21-30(5)16-17-31(6)18-19-33(8)25-10-11-26-29(3,4)28(38-23(2)36)13-14-32(26,7)24(25)12-15-34(33,9)27(31)20-30/h10-12,27-28H,13-21H2,1-9H3/t27-,28-,30-,31-,32-,33-,34+/m1/s1. The molecule has 3 saturated carbocycles. The second kappa shape index (κ2) is 8.58. The van der Waals surface area contributed by atoms with Crippen LogP contribution in [-0.2, 0) is 19.1 Å². The van der Waals surface area contributed by atoms with E-state index in [4.69, 9.17) is 9.47 Å². The molecule has 0 saturated heterocycles. The maximum atomic E-state index is 11.9. The molecular formula is C34H50O4. The third kappa shape index (κ3) is 3.82. The summed E-state index contributed by atoms with van der Waals surface area (Å²) in [5, 5.41) is 0. The molecule has 4 heteroatoms. The van der Waals surface area contributed by atoms with Crippen LogP contribution < -0.4 is 0 Å². The number of hydrogen-bond acceptors (Lipinski definition) is 4. The van der Waals surface area contributed by atoms with E-state index in [-0.39, 0.29) is 45.1 Å². The van der Waals surface area contributed by atoms with Gasteiger partial charge in [0.2, 0.25) is 0 Å². The summed E-state index contributed by atoms with van der Waals surface area (Å²) in [4.78, 5) is 23.5. The lowest BCUT2D eigenvalue weighted by molar-refractivity contribution is -0.161. The van der Waals surface area contributed by atoms with Crippen molar-refractivity contribution in [1.29, 1.82) is 0 Å². The van der Waals surface area contributed by atoms with Gasteiger partial charge in [0.25, 0.3) is 0 Å². The van der Waals surface area contributed by atoms with Crippen molar-refractivity contribution in [2.75, 3.05) is 6.61 Å². The molecular weight excluding hydrogens is 472 g/mol. The Hall–Kier alpha value is -1.84. The van der Waals surface area contributed by atoms with Crippen LogP contribution in [0.25, 0.3) is 0 Å². The fourth-order valence-electron chi connectivity index (χ4n) is 9.89. The van der Waals surface area contributed by atoms with Crippen LogP contribution >= 0.6 is 0 Å². The molecule has 4 nitrogen and oxygen atoms in total. The zero-order valence-corrected chi connectivity index (χ0v) is 25.4. The molecule has 0 N–H and O–H groups in total. The first-order chi connectivity index (χ1) is 17.5.